The Bertz CT molecular complexity index is 432. The van der Waals surface area contributed by atoms with Crippen molar-refractivity contribution in [2.75, 3.05) is 13.2 Å². The molecule has 21 heavy (non-hydrogen) atoms. The number of alkyl halides is 2. The topological polar surface area (TPSA) is 74.2 Å². The lowest BCUT2D eigenvalue weighted by Crippen LogP contribution is -2.41. The van der Waals surface area contributed by atoms with Gasteiger partial charge >= 0.3 is 0 Å². The highest BCUT2D eigenvalue weighted by molar-refractivity contribution is 5.06. The summed E-state index contributed by atoms with van der Waals surface area (Å²) in [6, 6.07) is 0. The van der Waals surface area contributed by atoms with Crippen LogP contribution in [0, 0.1) is 5.92 Å². The molecule has 0 spiro atoms. The Labute approximate surface area is 123 Å². The zero-order chi connectivity index (χ0) is 15.3. The highest BCUT2D eigenvalue weighted by atomic mass is 19.3. The van der Waals surface area contributed by atoms with Gasteiger partial charge in [-0.2, -0.15) is 4.98 Å². The summed E-state index contributed by atoms with van der Waals surface area (Å²) in [5.74, 6) is 1.65. The molecule has 0 bridgehead atoms. The van der Waals surface area contributed by atoms with E-state index in [0.29, 0.717) is 18.1 Å². The van der Waals surface area contributed by atoms with Crippen molar-refractivity contribution in [3.05, 3.63) is 11.7 Å². The average molecular weight is 303 g/mol. The summed E-state index contributed by atoms with van der Waals surface area (Å²) in [6.07, 6.45) is 2.91. The van der Waals surface area contributed by atoms with Crippen LogP contribution < -0.4 is 5.73 Å². The van der Waals surface area contributed by atoms with Crippen molar-refractivity contribution < 1.29 is 18.0 Å². The van der Waals surface area contributed by atoms with Crippen molar-refractivity contribution in [1.29, 1.82) is 0 Å². The highest BCUT2D eigenvalue weighted by Gasteiger charge is 2.36. The second kappa shape index (κ2) is 7.26. The van der Waals surface area contributed by atoms with Crippen LogP contribution in [0.15, 0.2) is 4.52 Å². The zero-order valence-corrected chi connectivity index (χ0v) is 12.4. The fourth-order valence-corrected chi connectivity index (χ4v) is 2.72. The van der Waals surface area contributed by atoms with E-state index in [2.05, 4.69) is 17.1 Å². The minimum Gasteiger partial charge on any atom is -0.375 e. The minimum atomic E-state index is -2.45. The van der Waals surface area contributed by atoms with Crippen LogP contribution in [0.2, 0.25) is 0 Å². The SMILES string of the molecule is CCC1CCC(N)(c2noc(CCOCC(F)F)n2)CC1. The molecule has 0 radical (unpaired) electrons. The van der Waals surface area contributed by atoms with Crippen LogP contribution in [0.25, 0.3) is 0 Å². The van der Waals surface area contributed by atoms with Crippen molar-refractivity contribution >= 4 is 0 Å². The second-order valence-electron chi connectivity index (χ2n) is 5.74. The molecule has 1 aromatic heterocycles. The largest absolute Gasteiger partial charge is 0.375 e. The first-order valence-electron chi connectivity index (χ1n) is 7.51. The molecule has 0 aliphatic heterocycles. The first-order valence-corrected chi connectivity index (χ1v) is 7.51. The molecule has 0 saturated heterocycles. The average Bonchev–Trinajstić information content (AvgIpc) is 2.94. The Morgan fingerprint density at radius 1 is 1.43 bits per heavy atom. The molecule has 1 aliphatic rings. The Kier molecular flexibility index (Phi) is 5.64. The van der Waals surface area contributed by atoms with Crippen LogP contribution >= 0.6 is 0 Å². The van der Waals surface area contributed by atoms with Gasteiger partial charge in [0.25, 0.3) is 6.43 Å². The van der Waals surface area contributed by atoms with Crippen molar-refractivity contribution in [2.45, 2.75) is 57.4 Å². The monoisotopic (exact) mass is 303 g/mol. The lowest BCUT2D eigenvalue weighted by atomic mass is 9.76. The Hall–Kier alpha value is -1.08. The van der Waals surface area contributed by atoms with Crippen molar-refractivity contribution in [3.8, 4) is 0 Å². The molecule has 7 heteroatoms. The van der Waals surface area contributed by atoms with E-state index in [0.717, 1.165) is 31.6 Å². The molecule has 0 amide bonds. The Morgan fingerprint density at radius 3 is 2.76 bits per heavy atom. The van der Waals surface area contributed by atoms with Gasteiger partial charge in [-0.3, -0.25) is 0 Å². The first-order chi connectivity index (χ1) is 10.0. The number of nitrogens with zero attached hydrogens (tertiary/aromatic N) is 2. The number of aromatic nitrogens is 2. The maximum Gasteiger partial charge on any atom is 0.261 e. The van der Waals surface area contributed by atoms with Gasteiger partial charge in [-0.05, 0) is 31.6 Å². The van der Waals surface area contributed by atoms with Crippen LogP contribution in [0.4, 0.5) is 8.78 Å². The van der Waals surface area contributed by atoms with Crippen LogP contribution in [-0.4, -0.2) is 29.8 Å². The van der Waals surface area contributed by atoms with Crippen molar-refractivity contribution in [2.24, 2.45) is 11.7 Å². The van der Waals surface area contributed by atoms with E-state index in [1.165, 1.54) is 6.42 Å². The summed E-state index contributed by atoms with van der Waals surface area (Å²) in [4.78, 5) is 4.30. The molecule has 1 aliphatic carbocycles. The zero-order valence-electron chi connectivity index (χ0n) is 12.4. The predicted octanol–water partition coefficient (Wildman–Crippen LogP) is 2.65. The fraction of sp³-hybridized carbons (Fsp3) is 0.857. The molecule has 0 aromatic carbocycles. The summed E-state index contributed by atoms with van der Waals surface area (Å²) >= 11 is 0. The van der Waals surface area contributed by atoms with E-state index >= 15 is 0 Å². The van der Waals surface area contributed by atoms with Crippen LogP contribution in [0.3, 0.4) is 0 Å². The van der Waals surface area contributed by atoms with E-state index < -0.39 is 18.6 Å². The van der Waals surface area contributed by atoms with E-state index in [-0.39, 0.29) is 6.61 Å². The molecule has 120 valence electrons. The van der Waals surface area contributed by atoms with Gasteiger partial charge in [0, 0.05) is 0 Å². The Balaban J connectivity index is 1.84. The third kappa shape index (κ3) is 4.44. The molecule has 0 unspecified atom stereocenters. The maximum absolute atomic E-state index is 11.9. The van der Waals surface area contributed by atoms with Crippen molar-refractivity contribution in [3.63, 3.8) is 0 Å². The van der Waals surface area contributed by atoms with Gasteiger partial charge in [0.15, 0.2) is 5.82 Å². The smallest absolute Gasteiger partial charge is 0.261 e. The quantitative estimate of drug-likeness (QED) is 0.784. The molecular formula is C14H23F2N3O2. The molecular weight excluding hydrogens is 280 g/mol. The third-order valence-corrected chi connectivity index (χ3v) is 4.19. The van der Waals surface area contributed by atoms with E-state index in [9.17, 15) is 8.78 Å². The van der Waals surface area contributed by atoms with Crippen LogP contribution in [0.1, 0.15) is 50.7 Å². The summed E-state index contributed by atoms with van der Waals surface area (Å²) in [5, 5.41) is 3.96. The molecule has 2 rings (SSSR count). The van der Waals surface area contributed by atoms with E-state index in [1.54, 1.807) is 0 Å². The number of hydrogen-bond acceptors (Lipinski definition) is 5. The minimum absolute atomic E-state index is 0.140. The number of ether oxygens (including phenoxy) is 1. The van der Waals surface area contributed by atoms with E-state index in [4.69, 9.17) is 15.0 Å². The molecule has 1 heterocycles. The molecule has 1 saturated carbocycles. The van der Waals surface area contributed by atoms with Gasteiger partial charge in [0.2, 0.25) is 5.89 Å². The van der Waals surface area contributed by atoms with Gasteiger partial charge < -0.3 is 15.0 Å². The van der Waals surface area contributed by atoms with Gasteiger partial charge in [0.05, 0.1) is 18.6 Å². The standard InChI is InChI=1S/C14H23F2N3O2/c1-2-10-3-6-14(17,7-4-10)13-18-12(21-19-13)5-8-20-9-11(15)16/h10-11H,2-9,17H2,1H3. The number of halogens is 2. The van der Waals surface area contributed by atoms with Gasteiger partial charge in [-0.25, -0.2) is 8.78 Å². The molecule has 0 atom stereocenters. The van der Waals surface area contributed by atoms with Gasteiger partial charge in [0.1, 0.15) is 6.61 Å². The third-order valence-electron chi connectivity index (χ3n) is 4.19. The number of rotatable bonds is 7. The van der Waals surface area contributed by atoms with E-state index in [1.807, 2.05) is 0 Å². The summed E-state index contributed by atoms with van der Waals surface area (Å²) < 4.78 is 33.8. The predicted molar refractivity (Wildman–Crippen MR) is 72.9 cm³/mol. The van der Waals surface area contributed by atoms with Crippen LogP contribution in [-0.2, 0) is 16.7 Å². The molecule has 5 nitrogen and oxygen atoms in total. The summed E-state index contributed by atoms with van der Waals surface area (Å²) in [5.41, 5.74) is 5.87. The molecule has 1 fully saturated rings. The lowest BCUT2D eigenvalue weighted by Gasteiger charge is -2.34. The van der Waals surface area contributed by atoms with Crippen LogP contribution in [0.5, 0.6) is 0 Å². The van der Waals surface area contributed by atoms with Gasteiger partial charge in [-0.1, -0.05) is 18.5 Å². The van der Waals surface area contributed by atoms with Gasteiger partial charge in [-0.15, -0.1) is 0 Å². The van der Waals surface area contributed by atoms with Crippen molar-refractivity contribution in [1.82, 2.24) is 10.1 Å². The summed E-state index contributed by atoms with van der Waals surface area (Å²) in [7, 11) is 0. The summed E-state index contributed by atoms with van der Waals surface area (Å²) in [6.45, 7) is 1.77. The molecule has 1 aromatic rings. The maximum atomic E-state index is 11.9. The number of hydrogen-bond donors (Lipinski definition) is 1. The first kappa shape index (κ1) is 16.3. The molecule has 2 N–H and O–H groups in total. The number of nitrogens with two attached hydrogens (primary N) is 1. The normalized spacial score (nSPS) is 26.4. The fourth-order valence-electron chi connectivity index (χ4n) is 2.72. The highest BCUT2D eigenvalue weighted by Crippen LogP contribution is 2.37. The second-order valence-corrected chi connectivity index (χ2v) is 5.74. The Morgan fingerprint density at radius 2 is 2.14 bits per heavy atom. The lowest BCUT2D eigenvalue weighted by molar-refractivity contribution is 0.0171.